The van der Waals surface area contributed by atoms with E-state index in [-0.39, 0.29) is 18.4 Å². The number of carbonyl (C=O) groups is 2. The molecule has 0 bridgehead atoms. The molecule has 2 aromatic carbocycles. The van der Waals surface area contributed by atoms with Gasteiger partial charge < -0.3 is 20.1 Å². The summed E-state index contributed by atoms with van der Waals surface area (Å²) in [5, 5.41) is 5.43. The molecule has 6 nitrogen and oxygen atoms in total. The Kier molecular flexibility index (Phi) is 7.37. The van der Waals surface area contributed by atoms with Crippen molar-refractivity contribution in [3.63, 3.8) is 0 Å². The van der Waals surface area contributed by atoms with Gasteiger partial charge in [-0.25, -0.2) is 0 Å². The lowest BCUT2D eigenvalue weighted by Gasteiger charge is -2.14. The van der Waals surface area contributed by atoms with E-state index >= 15 is 0 Å². The summed E-state index contributed by atoms with van der Waals surface area (Å²) in [4.78, 5) is 24.7. The van der Waals surface area contributed by atoms with E-state index in [1.807, 2.05) is 38.1 Å². The Bertz CT molecular complexity index is 1050. The lowest BCUT2D eigenvalue weighted by Crippen LogP contribution is -2.20. The van der Waals surface area contributed by atoms with Gasteiger partial charge in [0.15, 0.2) is 18.1 Å². The highest BCUT2D eigenvalue weighted by Crippen LogP contribution is 2.36. The first-order valence-corrected chi connectivity index (χ1v) is 11.2. The average Bonchev–Trinajstić information content (AvgIpc) is 2.96. The molecule has 0 spiro atoms. The van der Waals surface area contributed by atoms with Crippen molar-refractivity contribution in [2.24, 2.45) is 0 Å². The summed E-state index contributed by atoms with van der Waals surface area (Å²) in [6.45, 7) is 3.79. The zero-order chi connectivity index (χ0) is 21.8. The largest absolute Gasteiger partial charge is 0.493 e. The van der Waals surface area contributed by atoms with Crippen molar-refractivity contribution in [1.82, 2.24) is 5.32 Å². The predicted octanol–water partition coefficient (Wildman–Crippen LogP) is 4.42. The van der Waals surface area contributed by atoms with Crippen LogP contribution < -0.4 is 20.1 Å². The average molecular weight is 554 g/mol. The van der Waals surface area contributed by atoms with Gasteiger partial charge in [-0.1, -0.05) is 30.0 Å². The van der Waals surface area contributed by atoms with Crippen LogP contribution in [-0.2, 0) is 9.59 Å². The lowest BCUT2D eigenvalue weighted by atomic mass is 10.1. The molecule has 0 aliphatic carbocycles. The van der Waals surface area contributed by atoms with Crippen molar-refractivity contribution in [2.45, 2.75) is 13.8 Å². The molecule has 0 unspecified atom stereocenters. The minimum atomic E-state index is -0.267. The predicted molar refractivity (Wildman–Crippen MR) is 132 cm³/mol. The number of thioether (sulfide) groups is 1. The first kappa shape index (κ1) is 22.6. The van der Waals surface area contributed by atoms with Crippen molar-refractivity contribution in [2.75, 3.05) is 19.0 Å². The third-order valence-electron chi connectivity index (χ3n) is 4.04. The summed E-state index contributed by atoms with van der Waals surface area (Å²) in [6.07, 6.45) is 1.74. The van der Waals surface area contributed by atoms with Gasteiger partial charge in [0.25, 0.3) is 11.8 Å². The van der Waals surface area contributed by atoms with E-state index in [1.165, 1.54) is 18.9 Å². The SMILES string of the molecule is COc1cc(/C=C2\SC(=S)NC2=O)cc(I)c1OCC(=O)Nc1cc(C)cc(C)c1. The van der Waals surface area contributed by atoms with Crippen LogP contribution in [0, 0.1) is 17.4 Å². The fourth-order valence-corrected chi connectivity index (χ4v) is 4.74. The molecule has 30 heavy (non-hydrogen) atoms. The Balaban J connectivity index is 1.73. The van der Waals surface area contributed by atoms with Crippen LogP contribution in [0.15, 0.2) is 35.2 Å². The smallest absolute Gasteiger partial charge is 0.263 e. The standard InChI is InChI=1S/C21H19IN2O4S2/c1-11-4-12(2)6-14(5-11)23-18(25)10-28-19-15(22)7-13(8-16(19)27-3)9-17-20(26)24-21(29)30-17/h4-9H,10H2,1-3H3,(H,23,25)(H,24,26,29)/b17-9-. The minimum absolute atomic E-state index is 0.160. The Morgan fingerprint density at radius 2 is 1.93 bits per heavy atom. The van der Waals surface area contributed by atoms with Gasteiger partial charge in [-0.05, 0) is 83.5 Å². The van der Waals surface area contributed by atoms with Crippen molar-refractivity contribution in [3.8, 4) is 11.5 Å². The van der Waals surface area contributed by atoms with E-state index in [2.05, 4.69) is 33.2 Å². The third-order valence-corrected chi connectivity index (χ3v) is 6.01. The van der Waals surface area contributed by atoms with Crippen LogP contribution in [0.5, 0.6) is 11.5 Å². The molecule has 1 saturated heterocycles. The molecule has 2 N–H and O–H groups in total. The van der Waals surface area contributed by atoms with E-state index in [9.17, 15) is 9.59 Å². The summed E-state index contributed by atoms with van der Waals surface area (Å²) in [5.41, 5.74) is 3.64. The number of methoxy groups -OCH3 is 1. The minimum Gasteiger partial charge on any atom is -0.493 e. The maximum atomic E-state index is 12.3. The molecule has 2 amide bonds. The van der Waals surface area contributed by atoms with Crippen molar-refractivity contribution < 1.29 is 19.1 Å². The zero-order valence-electron chi connectivity index (χ0n) is 16.5. The quantitative estimate of drug-likeness (QED) is 0.313. The molecule has 1 fully saturated rings. The molecule has 0 aromatic heterocycles. The van der Waals surface area contributed by atoms with Gasteiger partial charge in [-0.3, -0.25) is 9.59 Å². The lowest BCUT2D eigenvalue weighted by molar-refractivity contribution is -0.118. The number of aryl methyl sites for hydroxylation is 2. The third kappa shape index (κ3) is 5.73. The normalized spacial score (nSPS) is 14.6. The Labute approximate surface area is 197 Å². The van der Waals surface area contributed by atoms with E-state index in [0.29, 0.717) is 20.7 Å². The van der Waals surface area contributed by atoms with Crippen LogP contribution in [0.4, 0.5) is 5.69 Å². The molecule has 3 rings (SSSR count). The molecule has 1 heterocycles. The van der Waals surface area contributed by atoms with Crippen molar-refractivity contribution in [3.05, 3.63) is 55.5 Å². The Morgan fingerprint density at radius 1 is 1.23 bits per heavy atom. The monoisotopic (exact) mass is 554 g/mol. The fourth-order valence-electron chi connectivity index (χ4n) is 2.92. The molecule has 156 valence electrons. The topological polar surface area (TPSA) is 76.7 Å². The molecular weight excluding hydrogens is 535 g/mol. The molecular formula is C21H19IN2O4S2. The first-order valence-electron chi connectivity index (χ1n) is 8.88. The molecule has 2 aromatic rings. The highest BCUT2D eigenvalue weighted by atomic mass is 127. The van der Waals surface area contributed by atoms with Crippen LogP contribution in [0.2, 0.25) is 0 Å². The number of rotatable bonds is 6. The van der Waals surface area contributed by atoms with Crippen molar-refractivity contribution >= 4 is 74.5 Å². The van der Waals surface area contributed by atoms with Crippen LogP contribution >= 0.6 is 46.6 Å². The second-order valence-corrected chi connectivity index (χ2v) is 9.48. The summed E-state index contributed by atoms with van der Waals surface area (Å²) in [6, 6.07) is 9.45. The van der Waals surface area contributed by atoms with Crippen LogP contribution in [0.1, 0.15) is 16.7 Å². The van der Waals surface area contributed by atoms with E-state index in [0.717, 1.165) is 25.9 Å². The van der Waals surface area contributed by atoms with Gasteiger partial charge in [-0.2, -0.15) is 0 Å². The molecule has 9 heteroatoms. The number of thiocarbonyl (C=S) groups is 1. The molecule has 0 atom stereocenters. The number of hydrogen-bond acceptors (Lipinski definition) is 6. The number of hydrogen-bond donors (Lipinski definition) is 2. The summed E-state index contributed by atoms with van der Waals surface area (Å²) < 4.78 is 12.4. The maximum Gasteiger partial charge on any atom is 0.263 e. The highest BCUT2D eigenvalue weighted by molar-refractivity contribution is 14.1. The zero-order valence-corrected chi connectivity index (χ0v) is 20.3. The fraction of sp³-hybridized carbons (Fsp3) is 0.190. The number of benzene rings is 2. The van der Waals surface area contributed by atoms with Crippen LogP contribution in [-0.4, -0.2) is 29.9 Å². The second kappa shape index (κ2) is 9.80. The number of anilines is 1. The number of ether oxygens (including phenoxy) is 2. The number of nitrogens with one attached hydrogen (secondary N) is 2. The van der Waals surface area contributed by atoms with E-state index in [4.69, 9.17) is 21.7 Å². The number of carbonyl (C=O) groups excluding carboxylic acids is 2. The maximum absolute atomic E-state index is 12.3. The molecule has 1 aliphatic heterocycles. The summed E-state index contributed by atoms with van der Waals surface area (Å²) in [7, 11) is 1.52. The van der Waals surface area contributed by atoms with Crippen LogP contribution in [0.25, 0.3) is 6.08 Å². The Morgan fingerprint density at radius 3 is 2.53 bits per heavy atom. The van der Waals surface area contributed by atoms with Gasteiger partial charge >= 0.3 is 0 Å². The van der Waals surface area contributed by atoms with Gasteiger partial charge in [0.1, 0.15) is 4.32 Å². The van der Waals surface area contributed by atoms with Crippen molar-refractivity contribution in [1.29, 1.82) is 0 Å². The summed E-state index contributed by atoms with van der Waals surface area (Å²) in [5.74, 6) is 0.452. The van der Waals surface area contributed by atoms with Gasteiger partial charge in [0.2, 0.25) is 0 Å². The van der Waals surface area contributed by atoms with E-state index in [1.54, 1.807) is 12.1 Å². The summed E-state index contributed by atoms with van der Waals surface area (Å²) >= 11 is 8.33. The highest BCUT2D eigenvalue weighted by Gasteiger charge is 2.22. The van der Waals surface area contributed by atoms with Gasteiger partial charge in [-0.15, -0.1) is 0 Å². The van der Waals surface area contributed by atoms with Crippen LogP contribution in [0.3, 0.4) is 0 Å². The molecule has 1 aliphatic rings. The van der Waals surface area contributed by atoms with E-state index < -0.39 is 0 Å². The van der Waals surface area contributed by atoms with Gasteiger partial charge in [0, 0.05) is 5.69 Å². The molecule has 0 radical (unpaired) electrons. The number of halogens is 1. The first-order chi connectivity index (χ1) is 14.2. The molecule has 0 saturated carbocycles. The Hall–Kier alpha value is -2.11. The van der Waals surface area contributed by atoms with Gasteiger partial charge in [0.05, 0.1) is 15.6 Å². The number of amides is 2. The second-order valence-electron chi connectivity index (χ2n) is 6.60.